The first-order valence-corrected chi connectivity index (χ1v) is 16.2. The minimum atomic E-state index is 0.388. The van der Waals surface area contributed by atoms with E-state index < -0.39 is 0 Å². The number of unbranched alkanes of at least 4 members (excludes halogenated alkanes) is 7. The normalized spacial score (nSPS) is 12.8. The summed E-state index contributed by atoms with van der Waals surface area (Å²) in [6.07, 6.45) is 13.1. The van der Waals surface area contributed by atoms with E-state index >= 15 is 0 Å². The molecule has 0 amide bonds. The summed E-state index contributed by atoms with van der Waals surface area (Å²) in [6.45, 7) is 8.89. The maximum absolute atomic E-state index is 5.94. The third kappa shape index (κ3) is 8.99. The summed E-state index contributed by atoms with van der Waals surface area (Å²) in [6, 6.07) is 31.1. The fourth-order valence-corrected chi connectivity index (χ4v) is 6.39. The highest BCUT2D eigenvalue weighted by atomic mass is 14.5. The van der Waals surface area contributed by atoms with Crippen LogP contribution in [-0.2, 0) is 12.8 Å². The van der Waals surface area contributed by atoms with Gasteiger partial charge in [-0.25, -0.2) is 0 Å². The van der Waals surface area contributed by atoms with E-state index in [-0.39, 0.29) is 0 Å². The van der Waals surface area contributed by atoms with Crippen LogP contribution >= 0.6 is 0 Å². The van der Waals surface area contributed by atoms with Crippen molar-refractivity contribution in [3.05, 3.63) is 129 Å². The second-order valence-electron chi connectivity index (χ2n) is 12.5. The molecule has 4 N–H and O–H groups in total. The molecule has 2 atom stereocenters. The van der Waals surface area contributed by atoms with Crippen molar-refractivity contribution in [3.63, 3.8) is 0 Å². The Hall–Kier alpha value is -3.52. The van der Waals surface area contributed by atoms with Crippen LogP contribution in [0.2, 0.25) is 0 Å². The van der Waals surface area contributed by atoms with Crippen LogP contribution in [0.5, 0.6) is 0 Å². The molecule has 0 heterocycles. The molecule has 0 aliphatic heterocycles. The van der Waals surface area contributed by atoms with Gasteiger partial charge in [-0.05, 0) is 108 Å². The van der Waals surface area contributed by atoms with Crippen molar-refractivity contribution in [2.45, 2.75) is 104 Å². The average molecular weight is 561 g/mol. The summed E-state index contributed by atoms with van der Waals surface area (Å²) >= 11 is 0. The van der Waals surface area contributed by atoms with Crippen molar-refractivity contribution in [1.82, 2.24) is 0 Å². The van der Waals surface area contributed by atoms with Gasteiger partial charge in [-0.15, -0.1) is 0 Å². The van der Waals surface area contributed by atoms with E-state index in [0.29, 0.717) is 11.8 Å². The minimum Gasteiger partial charge on any atom is -0.399 e. The highest BCUT2D eigenvalue weighted by Crippen LogP contribution is 2.29. The first-order chi connectivity index (χ1) is 20.3. The predicted molar refractivity (Wildman–Crippen MR) is 183 cm³/mol. The highest BCUT2D eigenvalue weighted by molar-refractivity contribution is 5.48. The lowest BCUT2D eigenvalue weighted by molar-refractivity contribution is 0.567. The molecule has 0 aliphatic rings. The molecule has 0 radical (unpaired) electrons. The lowest BCUT2D eigenvalue weighted by Crippen LogP contribution is -2.00. The predicted octanol–water partition coefficient (Wildman–Crippen LogP) is 10.7. The molecular formula is C40H52N2. The fraction of sp³-hybridized carbons (Fsp3) is 0.400. The van der Waals surface area contributed by atoms with Gasteiger partial charge in [0.1, 0.15) is 0 Å². The van der Waals surface area contributed by atoms with E-state index in [1.807, 2.05) is 12.1 Å². The Balaban J connectivity index is 1.05. The zero-order chi connectivity index (χ0) is 29.9. The Morgan fingerprint density at radius 1 is 0.452 bits per heavy atom. The Morgan fingerprint density at radius 3 is 1.12 bits per heavy atom. The van der Waals surface area contributed by atoms with Crippen LogP contribution in [0.1, 0.15) is 122 Å². The molecule has 4 aromatic carbocycles. The molecule has 4 aromatic rings. The maximum Gasteiger partial charge on any atom is 0.0316 e. The summed E-state index contributed by atoms with van der Waals surface area (Å²) in [5.74, 6) is 0.777. The van der Waals surface area contributed by atoms with Gasteiger partial charge in [-0.2, -0.15) is 0 Å². The van der Waals surface area contributed by atoms with E-state index in [9.17, 15) is 0 Å². The van der Waals surface area contributed by atoms with Gasteiger partial charge in [-0.1, -0.05) is 113 Å². The number of hydrogen-bond acceptors (Lipinski definition) is 2. The number of rotatable bonds is 15. The number of hydrogen-bond donors (Lipinski definition) is 2. The zero-order valence-corrected chi connectivity index (χ0v) is 26.5. The number of anilines is 2. The summed E-state index contributed by atoms with van der Waals surface area (Å²) in [4.78, 5) is 0. The van der Waals surface area contributed by atoms with Crippen molar-refractivity contribution < 1.29 is 0 Å². The summed E-state index contributed by atoms with van der Waals surface area (Å²) < 4.78 is 0. The smallest absolute Gasteiger partial charge is 0.0316 e. The van der Waals surface area contributed by atoms with Crippen molar-refractivity contribution >= 4 is 11.4 Å². The standard InChI is InChI=1S/C40H52N2/c1-29-27-37(41)23-25-39(29)31(3)35-19-15-33(16-20-35)13-11-9-7-5-6-8-10-12-14-34-17-21-36(22-18-34)32(4)40-26-24-38(42)28-30(40)2/h15-28,31-32H,5-14,41-42H2,1-4H3. The van der Waals surface area contributed by atoms with Crippen LogP contribution in [0.4, 0.5) is 11.4 Å². The second kappa shape index (κ2) is 15.6. The van der Waals surface area contributed by atoms with Crippen molar-refractivity contribution in [3.8, 4) is 0 Å². The molecule has 0 fully saturated rings. The lowest BCUT2D eigenvalue weighted by Gasteiger charge is -2.16. The third-order valence-corrected chi connectivity index (χ3v) is 9.16. The largest absolute Gasteiger partial charge is 0.399 e. The van der Waals surface area contributed by atoms with Crippen LogP contribution < -0.4 is 11.5 Å². The lowest BCUT2D eigenvalue weighted by atomic mass is 9.89. The van der Waals surface area contributed by atoms with Gasteiger partial charge in [0.15, 0.2) is 0 Å². The van der Waals surface area contributed by atoms with Gasteiger partial charge in [-0.3, -0.25) is 0 Å². The topological polar surface area (TPSA) is 52.0 Å². The highest BCUT2D eigenvalue weighted by Gasteiger charge is 2.12. The molecule has 0 saturated heterocycles. The summed E-state index contributed by atoms with van der Waals surface area (Å²) in [7, 11) is 0. The molecule has 2 unspecified atom stereocenters. The van der Waals surface area contributed by atoms with Gasteiger partial charge in [0.2, 0.25) is 0 Å². The monoisotopic (exact) mass is 560 g/mol. The maximum atomic E-state index is 5.94. The number of nitrogens with two attached hydrogens (primary N) is 2. The first kappa shape index (κ1) is 31.4. The molecule has 0 saturated carbocycles. The van der Waals surface area contributed by atoms with Crippen molar-refractivity contribution in [1.29, 1.82) is 0 Å². The van der Waals surface area contributed by atoms with E-state index in [1.54, 1.807) is 0 Å². The SMILES string of the molecule is Cc1cc(N)ccc1C(C)c1ccc(CCCCCCCCCCc2ccc(C(C)c3ccc(N)cc3C)cc2)cc1. The number of nitrogen functional groups attached to an aromatic ring is 2. The van der Waals surface area contributed by atoms with Gasteiger partial charge in [0, 0.05) is 23.2 Å². The average Bonchev–Trinajstić information content (AvgIpc) is 2.98. The Morgan fingerprint density at radius 2 is 0.786 bits per heavy atom. The molecule has 42 heavy (non-hydrogen) atoms. The third-order valence-electron chi connectivity index (χ3n) is 9.16. The quantitative estimate of drug-likeness (QED) is 0.112. The number of aryl methyl sites for hydroxylation is 4. The van der Waals surface area contributed by atoms with Crippen LogP contribution in [0.25, 0.3) is 0 Å². The molecule has 0 spiro atoms. The first-order valence-electron chi connectivity index (χ1n) is 16.2. The molecule has 0 aromatic heterocycles. The van der Waals surface area contributed by atoms with Crippen LogP contribution in [0.3, 0.4) is 0 Å². The van der Waals surface area contributed by atoms with Crippen molar-refractivity contribution in [2.75, 3.05) is 11.5 Å². The van der Waals surface area contributed by atoms with Crippen LogP contribution in [0.15, 0.2) is 84.9 Å². The minimum absolute atomic E-state index is 0.388. The van der Waals surface area contributed by atoms with Gasteiger partial charge >= 0.3 is 0 Å². The molecule has 2 heteroatoms. The van der Waals surface area contributed by atoms with Gasteiger partial charge < -0.3 is 11.5 Å². The summed E-state index contributed by atoms with van der Waals surface area (Å²) in [5.41, 5.74) is 24.5. The van der Waals surface area contributed by atoms with E-state index in [1.165, 1.54) is 109 Å². The van der Waals surface area contributed by atoms with Gasteiger partial charge in [0.05, 0.1) is 0 Å². The Bertz CT molecular complexity index is 1280. The molecule has 0 aliphatic carbocycles. The van der Waals surface area contributed by atoms with Crippen LogP contribution in [0, 0.1) is 13.8 Å². The second-order valence-corrected chi connectivity index (χ2v) is 12.5. The fourth-order valence-electron chi connectivity index (χ4n) is 6.39. The van der Waals surface area contributed by atoms with E-state index in [0.717, 1.165) is 11.4 Å². The number of benzene rings is 4. The van der Waals surface area contributed by atoms with Gasteiger partial charge in [0.25, 0.3) is 0 Å². The van der Waals surface area contributed by atoms with E-state index in [4.69, 9.17) is 11.5 Å². The Kier molecular flexibility index (Phi) is 11.7. The molecule has 2 nitrogen and oxygen atoms in total. The zero-order valence-electron chi connectivity index (χ0n) is 26.5. The molecular weight excluding hydrogens is 508 g/mol. The van der Waals surface area contributed by atoms with Crippen molar-refractivity contribution in [2.24, 2.45) is 0 Å². The molecule has 0 bridgehead atoms. The molecule has 222 valence electrons. The Labute approximate surface area is 255 Å². The van der Waals surface area contributed by atoms with Crippen LogP contribution in [-0.4, -0.2) is 0 Å². The summed E-state index contributed by atoms with van der Waals surface area (Å²) in [5, 5.41) is 0. The van der Waals surface area contributed by atoms with E-state index in [2.05, 4.69) is 100 Å². The molecule has 4 rings (SSSR count).